The summed E-state index contributed by atoms with van der Waals surface area (Å²) in [4.78, 5) is 60.3. The molecule has 0 aliphatic carbocycles. The lowest BCUT2D eigenvalue weighted by Crippen LogP contribution is -2.42. The Morgan fingerprint density at radius 3 is 2.30 bits per heavy atom. The fourth-order valence-corrected chi connectivity index (χ4v) is 3.96. The standard InChI is InChI=1S/C33H43N9O4/c1-7-17-35-29-26(20-36-32(41-29)40-23-15-13-22(14-16-23)28(34)44)31(46)39-25-11-8-10-24(19-25)38-30(45)21(2)42(6)27(43)12-9-18-37-33(3,4)5/h8-16,19-21,37H,7,17-18H2,1-6H3,(H2,34,44)(H,38,45)(H,39,46)(H2,35,36,40,41)/t21-/m0/s1. The van der Waals surface area contributed by atoms with E-state index in [0.29, 0.717) is 41.5 Å². The monoisotopic (exact) mass is 629 g/mol. The number of carbonyl (C=O) groups excluding carboxylic acids is 4. The van der Waals surface area contributed by atoms with Gasteiger partial charge in [0, 0.05) is 60.6 Å². The van der Waals surface area contributed by atoms with Gasteiger partial charge in [-0.1, -0.05) is 19.1 Å². The Hall–Kier alpha value is -5.30. The second-order valence-electron chi connectivity index (χ2n) is 11.6. The zero-order chi connectivity index (χ0) is 33.9. The number of rotatable bonds is 14. The molecule has 244 valence electrons. The zero-order valence-corrected chi connectivity index (χ0v) is 27.1. The van der Waals surface area contributed by atoms with Crippen molar-refractivity contribution >= 4 is 52.5 Å². The Morgan fingerprint density at radius 1 is 1.00 bits per heavy atom. The van der Waals surface area contributed by atoms with Crippen molar-refractivity contribution in [1.82, 2.24) is 20.2 Å². The minimum atomic E-state index is -0.747. The van der Waals surface area contributed by atoms with E-state index in [-0.39, 0.29) is 28.9 Å². The summed E-state index contributed by atoms with van der Waals surface area (Å²) in [5.41, 5.74) is 7.34. The van der Waals surface area contributed by atoms with Gasteiger partial charge >= 0.3 is 0 Å². The number of primary amides is 1. The zero-order valence-electron chi connectivity index (χ0n) is 27.1. The molecule has 1 heterocycles. The van der Waals surface area contributed by atoms with Gasteiger partial charge in [0.1, 0.15) is 17.4 Å². The van der Waals surface area contributed by atoms with Crippen LogP contribution in [-0.4, -0.2) is 70.2 Å². The number of hydrogen-bond acceptors (Lipinski definition) is 9. The fraction of sp³-hybridized carbons (Fsp3) is 0.333. The van der Waals surface area contributed by atoms with Gasteiger partial charge in [-0.2, -0.15) is 4.98 Å². The van der Waals surface area contributed by atoms with E-state index < -0.39 is 17.9 Å². The Labute approximate surface area is 269 Å². The van der Waals surface area contributed by atoms with Crippen LogP contribution in [-0.2, 0) is 9.59 Å². The fourth-order valence-electron chi connectivity index (χ4n) is 3.96. The van der Waals surface area contributed by atoms with Gasteiger partial charge in [0.15, 0.2) is 0 Å². The molecule has 1 aromatic heterocycles. The lowest BCUT2D eigenvalue weighted by Gasteiger charge is -2.23. The number of likely N-dealkylation sites (N-methyl/N-ethyl adjacent to an activating group) is 1. The quantitative estimate of drug-likeness (QED) is 0.143. The molecule has 0 bridgehead atoms. The predicted molar refractivity (Wildman–Crippen MR) is 181 cm³/mol. The van der Waals surface area contributed by atoms with Crippen LogP contribution >= 0.6 is 0 Å². The van der Waals surface area contributed by atoms with Gasteiger partial charge in [0.05, 0.1) is 0 Å². The van der Waals surface area contributed by atoms with E-state index in [1.807, 2.05) is 27.7 Å². The lowest BCUT2D eigenvalue weighted by atomic mass is 10.1. The Balaban J connectivity index is 1.66. The van der Waals surface area contributed by atoms with Crippen LogP contribution in [0, 0.1) is 0 Å². The summed E-state index contributed by atoms with van der Waals surface area (Å²) in [7, 11) is 1.57. The number of nitrogens with two attached hydrogens (primary N) is 1. The highest BCUT2D eigenvalue weighted by atomic mass is 16.2. The summed E-state index contributed by atoms with van der Waals surface area (Å²) >= 11 is 0. The van der Waals surface area contributed by atoms with E-state index in [1.54, 1.807) is 68.6 Å². The van der Waals surface area contributed by atoms with Crippen LogP contribution in [0.3, 0.4) is 0 Å². The predicted octanol–water partition coefficient (Wildman–Crippen LogP) is 4.12. The first-order valence-electron chi connectivity index (χ1n) is 15.0. The van der Waals surface area contributed by atoms with Crippen molar-refractivity contribution in [3.63, 3.8) is 0 Å². The molecular formula is C33H43N9O4. The molecule has 3 aromatic rings. The van der Waals surface area contributed by atoms with Gasteiger partial charge < -0.3 is 37.2 Å². The average Bonchev–Trinajstić information content (AvgIpc) is 3.01. The van der Waals surface area contributed by atoms with Crippen molar-refractivity contribution in [1.29, 1.82) is 0 Å². The molecule has 2 aromatic carbocycles. The van der Waals surface area contributed by atoms with E-state index >= 15 is 0 Å². The summed E-state index contributed by atoms with van der Waals surface area (Å²) < 4.78 is 0. The van der Waals surface area contributed by atoms with Crippen LogP contribution in [0.15, 0.2) is 66.9 Å². The SMILES string of the molecule is CCCNc1nc(Nc2ccc(C(N)=O)cc2)ncc1C(=O)Nc1cccc(NC(=O)[C@H](C)N(C)C(=O)C=CCNC(C)(C)C)c1. The number of hydrogen-bond donors (Lipinski definition) is 6. The Bertz CT molecular complexity index is 1570. The van der Waals surface area contributed by atoms with Crippen molar-refractivity contribution in [3.8, 4) is 0 Å². The summed E-state index contributed by atoms with van der Waals surface area (Å²) in [6.45, 7) is 10.8. The second kappa shape index (κ2) is 16.1. The molecular weight excluding hydrogens is 586 g/mol. The topological polar surface area (TPSA) is 183 Å². The lowest BCUT2D eigenvalue weighted by molar-refractivity contribution is -0.132. The molecule has 0 aliphatic heterocycles. The van der Waals surface area contributed by atoms with Gasteiger partial charge in [-0.3, -0.25) is 19.2 Å². The number of nitrogens with zero attached hydrogens (tertiary/aromatic N) is 3. The smallest absolute Gasteiger partial charge is 0.260 e. The third kappa shape index (κ3) is 10.7. The van der Waals surface area contributed by atoms with Crippen molar-refractivity contribution < 1.29 is 19.2 Å². The molecule has 0 saturated carbocycles. The molecule has 7 N–H and O–H groups in total. The Morgan fingerprint density at radius 2 is 1.67 bits per heavy atom. The van der Waals surface area contributed by atoms with Crippen LogP contribution in [0.5, 0.6) is 0 Å². The van der Waals surface area contributed by atoms with Crippen LogP contribution in [0.1, 0.15) is 61.8 Å². The molecule has 46 heavy (non-hydrogen) atoms. The largest absolute Gasteiger partial charge is 0.369 e. The van der Waals surface area contributed by atoms with E-state index in [0.717, 1.165) is 6.42 Å². The number of benzene rings is 2. The number of aromatic nitrogens is 2. The highest BCUT2D eigenvalue weighted by Crippen LogP contribution is 2.21. The van der Waals surface area contributed by atoms with Crippen molar-refractivity contribution in [2.24, 2.45) is 5.73 Å². The number of amides is 4. The van der Waals surface area contributed by atoms with Gasteiger partial charge in [-0.15, -0.1) is 0 Å². The first kappa shape index (κ1) is 35.2. The third-order valence-electron chi connectivity index (χ3n) is 6.71. The minimum Gasteiger partial charge on any atom is -0.369 e. The van der Waals surface area contributed by atoms with Crippen LogP contribution < -0.4 is 32.3 Å². The maximum absolute atomic E-state index is 13.3. The first-order chi connectivity index (χ1) is 21.8. The van der Waals surface area contributed by atoms with E-state index in [1.165, 1.54) is 17.2 Å². The van der Waals surface area contributed by atoms with Gasteiger partial charge in [0.25, 0.3) is 5.91 Å². The van der Waals surface area contributed by atoms with Crippen molar-refractivity contribution in [3.05, 3.63) is 78.0 Å². The summed E-state index contributed by atoms with van der Waals surface area (Å²) in [5, 5.41) is 15.1. The molecule has 13 heteroatoms. The molecule has 0 fully saturated rings. The molecule has 4 amide bonds. The highest BCUT2D eigenvalue weighted by Gasteiger charge is 2.22. The van der Waals surface area contributed by atoms with Gasteiger partial charge in [-0.05, 0) is 76.6 Å². The summed E-state index contributed by atoms with van der Waals surface area (Å²) in [6, 6.07) is 12.5. The maximum atomic E-state index is 13.3. The molecule has 0 spiro atoms. The number of anilines is 5. The molecule has 0 saturated heterocycles. The normalized spacial score (nSPS) is 11.9. The molecule has 0 aliphatic rings. The van der Waals surface area contributed by atoms with Crippen molar-refractivity contribution in [2.45, 2.75) is 52.6 Å². The minimum absolute atomic E-state index is 0.0751. The van der Waals surface area contributed by atoms with E-state index in [4.69, 9.17) is 5.73 Å². The van der Waals surface area contributed by atoms with Crippen LogP contribution in [0.4, 0.5) is 28.8 Å². The van der Waals surface area contributed by atoms with Gasteiger partial charge in [-0.25, -0.2) is 4.98 Å². The molecule has 13 nitrogen and oxygen atoms in total. The first-order valence-corrected chi connectivity index (χ1v) is 15.0. The Kier molecular flexibility index (Phi) is 12.3. The van der Waals surface area contributed by atoms with Crippen molar-refractivity contribution in [2.75, 3.05) is 41.4 Å². The maximum Gasteiger partial charge on any atom is 0.260 e. The molecule has 0 radical (unpaired) electrons. The van der Waals surface area contributed by atoms with E-state index in [9.17, 15) is 19.2 Å². The average molecular weight is 630 g/mol. The van der Waals surface area contributed by atoms with Crippen LogP contribution in [0.2, 0.25) is 0 Å². The number of carbonyl (C=O) groups is 4. The van der Waals surface area contributed by atoms with Gasteiger partial charge in [0.2, 0.25) is 23.7 Å². The molecule has 3 rings (SSSR count). The molecule has 0 unspecified atom stereocenters. The summed E-state index contributed by atoms with van der Waals surface area (Å²) in [6.07, 6.45) is 5.38. The molecule has 1 atom stereocenters. The van der Waals surface area contributed by atoms with Crippen LogP contribution in [0.25, 0.3) is 0 Å². The number of nitrogens with one attached hydrogen (secondary N) is 5. The van der Waals surface area contributed by atoms with E-state index in [2.05, 4.69) is 36.6 Å². The highest BCUT2D eigenvalue weighted by molar-refractivity contribution is 6.08. The summed E-state index contributed by atoms with van der Waals surface area (Å²) in [5.74, 6) is -1.07. The second-order valence-corrected chi connectivity index (χ2v) is 11.6. The third-order valence-corrected chi connectivity index (χ3v) is 6.71.